The molecule has 3 rings (SSSR count). The number of carbonyl (C=O) groups is 2. The molecule has 0 radical (unpaired) electrons. The van der Waals surface area contributed by atoms with Crippen molar-refractivity contribution in [3.05, 3.63) is 63.7 Å². The molecular formula is C26H28N2O9. The molecule has 0 unspecified atom stereocenters. The Bertz CT molecular complexity index is 1380. The zero-order chi connectivity index (χ0) is 27.3. The Morgan fingerprint density at radius 2 is 1.65 bits per heavy atom. The molecule has 0 fully saturated rings. The minimum atomic E-state index is -1.02. The number of carbonyl (C=O) groups excluding carboxylic acids is 2. The van der Waals surface area contributed by atoms with Gasteiger partial charge in [-0.1, -0.05) is 6.07 Å². The monoisotopic (exact) mass is 512 g/mol. The van der Waals surface area contributed by atoms with Gasteiger partial charge in [0.25, 0.3) is 0 Å². The number of methoxy groups -OCH3 is 3. The van der Waals surface area contributed by atoms with Crippen molar-refractivity contribution in [1.29, 1.82) is 0 Å². The van der Waals surface area contributed by atoms with E-state index in [0.29, 0.717) is 11.3 Å². The zero-order valence-electron chi connectivity index (χ0n) is 21.0. The molecular weight excluding hydrogens is 484 g/mol. The number of phenolic OH excluding ortho intramolecular Hbond substituents is 1. The SMILES string of the molecule is COc1ccc([C@@H](CC(=O)Nc2ccc(O)c(NC(C)=O)c2)c2c(O)cc(C)oc2=O)c(OC)c1OC. The lowest BCUT2D eigenvalue weighted by atomic mass is 9.87. The van der Waals surface area contributed by atoms with Gasteiger partial charge in [-0.2, -0.15) is 0 Å². The molecule has 0 saturated heterocycles. The van der Waals surface area contributed by atoms with Crippen LogP contribution in [0.25, 0.3) is 0 Å². The van der Waals surface area contributed by atoms with Crippen molar-refractivity contribution in [2.75, 3.05) is 32.0 Å². The highest BCUT2D eigenvalue weighted by molar-refractivity contribution is 5.95. The highest BCUT2D eigenvalue weighted by atomic mass is 16.5. The van der Waals surface area contributed by atoms with Gasteiger partial charge >= 0.3 is 5.63 Å². The predicted octanol–water partition coefficient (Wildman–Crippen LogP) is 3.50. The van der Waals surface area contributed by atoms with Crippen molar-refractivity contribution in [3.8, 4) is 28.7 Å². The number of rotatable bonds is 9. The number of phenols is 1. The van der Waals surface area contributed by atoms with E-state index in [1.165, 1.54) is 59.4 Å². The van der Waals surface area contributed by atoms with Crippen LogP contribution in [0.2, 0.25) is 0 Å². The average Bonchev–Trinajstić information content (AvgIpc) is 2.83. The molecule has 1 atom stereocenters. The first-order chi connectivity index (χ1) is 17.6. The molecule has 2 aromatic carbocycles. The molecule has 2 amide bonds. The van der Waals surface area contributed by atoms with Crippen molar-refractivity contribution in [2.45, 2.75) is 26.2 Å². The molecule has 0 bridgehead atoms. The number of hydrogen-bond acceptors (Lipinski definition) is 9. The first-order valence-corrected chi connectivity index (χ1v) is 11.1. The van der Waals surface area contributed by atoms with Crippen molar-refractivity contribution in [1.82, 2.24) is 0 Å². The van der Waals surface area contributed by atoms with Gasteiger partial charge in [0, 0.05) is 36.6 Å². The highest BCUT2D eigenvalue weighted by Crippen LogP contribution is 2.46. The Kier molecular flexibility index (Phi) is 8.28. The third-order valence-corrected chi connectivity index (χ3v) is 5.53. The maximum Gasteiger partial charge on any atom is 0.343 e. The van der Waals surface area contributed by atoms with E-state index < -0.39 is 23.4 Å². The van der Waals surface area contributed by atoms with Crippen molar-refractivity contribution < 1.29 is 38.4 Å². The summed E-state index contributed by atoms with van der Waals surface area (Å²) in [5, 5.41) is 25.8. The van der Waals surface area contributed by atoms with E-state index in [0.717, 1.165) is 0 Å². The number of benzene rings is 2. The molecule has 0 aliphatic carbocycles. The van der Waals surface area contributed by atoms with E-state index in [1.54, 1.807) is 12.1 Å². The summed E-state index contributed by atoms with van der Waals surface area (Å²) in [5.74, 6) is -1.48. The fourth-order valence-electron chi connectivity index (χ4n) is 3.99. The maximum absolute atomic E-state index is 13.2. The fourth-order valence-corrected chi connectivity index (χ4v) is 3.99. The van der Waals surface area contributed by atoms with Crippen molar-refractivity contribution in [3.63, 3.8) is 0 Å². The molecule has 0 aliphatic rings. The van der Waals surface area contributed by atoms with Gasteiger partial charge in [0.05, 0.1) is 32.6 Å². The van der Waals surface area contributed by atoms with Gasteiger partial charge in [0.15, 0.2) is 11.5 Å². The normalized spacial score (nSPS) is 11.4. The van der Waals surface area contributed by atoms with Gasteiger partial charge < -0.3 is 39.5 Å². The molecule has 4 N–H and O–H groups in total. The summed E-state index contributed by atoms with van der Waals surface area (Å²) in [7, 11) is 4.27. The molecule has 0 spiro atoms. The van der Waals surface area contributed by atoms with Gasteiger partial charge in [-0.05, 0) is 31.2 Å². The summed E-state index contributed by atoms with van der Waals surface area (Å²) in [6, 6.07) is 8.63. The lowest BCUT2D eigenvalue weighted by molar-refractivity contribution is -0.116. The van der Waals surface area contributed by atoms with Crippen LogP contribution in [-0.4, -0.2) is 43.4 Å². The highest BCUT2D eigenvalue weighted by Gasteiger charge is 2.30. The Balaban J connectivity index is 2.08. The van der Waals surface area contributed by atoms with Gasteiger partial charge in [-0.15, -0.1) is 0 Å². The lowest BCUT2D eigenvalue weighted by Gasteiger charge is -2.22. The minimum absolute atomic E-state index is 0.111. The fraction of sp³-hybridized carbons (Fsp3) is 0.269. The molecule has 37 heavy (non-hydrogen) atoms. The van der Waals surface area contributed by atoms with Crippen LogP contribution in [0.4, 0.5) is 11.4 Å². The molecule has 1 heterocycles. The smallest absolute Gasteiger partial charge is 0.343 e. The number of amides is 2. The third-order valence-electron chi connectivity index (χ3n) is 5.53. The second-order valence-electron chi connectivity index (χ2n) is 8.08. The number of aryl methyl sites for hydroxylation is 1. The van der Waals surface area contributed by atoms with Crippen LogP contribution in [0.15, 0.2) is 45.6 Å². The molecule has 0 saturated carbocycles. The predicted molar refractivity (Wildman–Crippen MR) is 135 cm³/mol. The van der Waals surface area contributed by atoms with Crippen LogP contribution in [0.5, 0.6) is 28.7 Å². The van der Waals surface area contributed by atoms with Gasteiger partial charge in [-0.3, -0.25) is 9.59 Å². The number of aromatic hydroxyl groups is 2. The molecule has 196 valence electrons. The second-order valence-corrected chi connectivity index (χ2v) is 8.08. The van der Waals surface area contributed by atoms with Crippen LogP contribution >= 0.6 is 0 Å². The first kappa shape index (κ1) is 26.9. The van der Waals surface area contributed by atoms with Crippen molar-refractivity contribution >= 4 is 23.2 Å². The van der Waals surface area contributed by atoms with Gasteiger partial charge in [-0.25, -0.2) is 4.79 Å². The lowest BCUT2D eigenvalue weighted by Crippen LogP contribution is -2.21. The van der Waals surface area contributed by atoms with E-state index in [9.17, 15) is 24.6 Å². The summed E-state index contributed by atoms with van der Waals surface area (Å²) in [6.07, 6.45) is -0.316. The molecule has 3 aromatic rings. The van der Waals surface area contributed by atoms with Crippen LogP contribution in [-0.2, 0) is 9.59 Å². The Morgan fingerprint density at radius 1 is 0.946 bits per heavy atom. The summed E-state index contributed by atoms with van der Waals surface area (Å²) in [6.45, 7) is 2.80. The van der Waals surface area contributed by atoms with Gasteiger partial charge in [0.1, 0.15) is 17.3 Å². The summed E-state index contributed by atoms with van der Waals surface area (Å²) in [5.41, 5.74) is -0.197. The Labute approximate surface area is 212 Å². The third kappa shape index (κ3) is 5.95. The van der Waals surface area contributed by atoms with E-state index in [2.05, 4.69) is 10.6 Å². The van der Waals surface area contributed by atoms with Crippen molar-refractivity contribution in [2.24, 2.45) is 0 Å². The van der Waals surface area contributed by atoms with E-state index >= 15 is 0 Å². The number of anilines is 2. The number of nitrogens with one attached hydrogen (secondary N) is 2. The topological polar surface area (TPSA) is 157 Å². The first-order valence-electron chi connectivity index (χ1n) is 11.1. The molecule has 11 heteroatoms. The number of ether oxygens (including phenoxy) is 3. The van der Waals surface area contributed by atoms with Crippen LogP contribution in [0, 0.1) is 6.92 Å². The maximum atomic E-state index is 13.2. The zero-order valence-corrected chi connectivity index (χ0v) is 21.0. The summed E-state index contributed by atoms with van der Waals surface area (Å²) in [4.78, 5) is 37.4. The van der Waals surface area contributed by atoms with E-state index in [1.807, 2.05) is 0 Å². The molecule has 1 aromatic heterocycles. The average molecular weight is 513 g/mol. The Hall–Kier alpha value is -4.67. The van der Waals surface area contributed by atoms with E-state index in [4.69, 9.17) is 18.6 Å². The quantitative estimate of drug-likeness (QED) is 0.249. The van der Waals surface area contributed by atoms with Gasteiger partial charge in [0.2, 0.25) is 17.6 Å². The molecule has 11 nitrogen and oxygen atoms in total. The standard InChI is InChI=1S/C26H28N2O9/c1-13-10-20(31)23(26(33)37-13)17(16-7-9-21(34-3)25(36-5)24(16)35-4)12-22(32)28-15-6-8-19(30)18(11-15)27-14(2)29/h6-11,17,30-31H,12H2,1-5H3,(H,27,29)(H,28,32)/t17-/m1/s1. The largest absolute Gasteiger partial charge is 0.507 e. The Morgan fingerprint density at radius 3 is 2.24 bits per heavy atom. The van der Waals surface area contributed by atoms with Crippen LogP contribution in [0.1, 0.15) is 36.1 Å². The molecule has 0 aliphatic heterocycles. The summed E-state index contributed by atoms with van der Waals surface area (Å²) >= 11 is 0. The number of hydrogen-bond donors (Lipinski definition) is 4. The summed E-state index contributed by atoms with van der Waals surface area (Å²) < 4.78 is 21.6. The second kappa shape index (κ2) is 11.4. The van der Waals surface area contributed by atoms with E-state index in [-0.39, 0.29) is 52.1 Å². The van der Waals surface area contributed by atoms with Crippen LogP contribution < -0.4 is 30.5 Å². The van der Waals surface area contributed by atoms with Crippen LogP contribution in [0.3, 0.4) is 0 Å². The minimum Gasteiger partial charge on any atom is -0.507 e.